The number of anilines is 1. The predicted octanol–water partition coefficient (Wildman–Crippen LogP) is 3.52. The van der Waals surface area contributed by atoms with Crippen LogP contribution >= 0.6 is 28.1 Å². The Morgan fingerprint density at radius 2 is 1.93 bits per heavy atom. The van der Waals surface area contributed by atoms with Gasteiger partial charge in [-0.2, -0.15) is 0 Å². The molecular formula is C21H20BrN3O4S. The third-order valence-corrected chi connectivity index (χ3v) is 6.00. The number of hydrogen-bond donors (Lipinski definition) is 1. The van der Waals surface area contributed by atoms with E-state index in [0.29, 0.717) is 35.4 Å². The summed E-state index contributed by atoms with van der Waals surface area (Å²) in [5, 5.41) is 3.28. The summed E-state index contributed by atoms with van der Waals surface area (Å²) in [5.41, 5.74) is 1.59. The highest BCUT2D eigenvalue weighted by molar-refractivity contribution is 9.10. The molecule has 1 unspecified atom stereocenters. The van der Waals surface area contributed by atoms with Gasteiger partial charge in [-0.05, 0) is 61.1 Å². The lowest BCUT2D eigenvalue weighted by Gasteiger charge is -2.24. The molecule has 1 atom stereocenters. The van der Waals surface area contributed by atoms with Gasteiger partial charge in [-0.1, -0.05) is 22.0 Å². The molecule has 0 aliphatic carbocycles. The third-order valence-electron chi connectivity index (χ3n) is 5.02. The lowest BCUT2D eigenvalue weighted by molar-refractivity contribution is -0.130. The minimum atomic E-state index is -0.654. The Hall–Kier alpha value is -2.65. The number of likely N-dealkylation sites (N-methyl/N-ethyl adjacent to an activating group) is 1. The van der Waals surface area contributed by atoms with Crippen molar-refractivity contribution in [3.8, 4) is 11.5 Å². The van der Waals surface area contributed by atoms with Crippen molar-refractivity contribution in [2.24, 2.45) is 0 Å². The van der Waals surface area contributed by atoms with Crippen molar-refractivity contribution in [1.29, 1.82) is 0 Å². The van der Waals surface area contributed by atoms with Crippen LogP contribution in [0.15, 0.2) is 46.9 Å². The fourth-order valence-corrected chi connectivity index (χ4v) is 4.19. The Kier molecular flexibility index (Phi) is 5.92. The van der Waals surface area contributed by atoms with E-state index >= 15 is 0 Å². The highest BCUT2D eigenvalue weighted by Gasteiger charge is 2.42. The first-order valence-corrected chi connectivity index (χ1v) is 10.7. The largest absolute Gasteiger partial charge is 0.454 e. The van der Waals surface area contributed by atoms with Crippen molar-refractivity contribution < 1.29 is 19.1 Å². The van der Waals surface area contributed by atoms with E-state index < -0.39 is 6.04 Å². The van der Waals surface area contributed by atoms with E-state index in [0.717, 1.165) is 10.0 Å². The highest BCUT2D eigenvalue weighted by atomic mass is 79.9. The Balaban J connectivity index is 1.51. The lowest BCUT2D eigenvalue weighted by Crippen LogP contribution is -2.37. The van der Waals surface area contributed by atoms with Crippen LogP contribution in [-0.2, 0) is 16.1 Å². The molecule has 2 aliphatic rings. The zero-order valence-corrected chi connectivity index (χ0v) is 18.7. The fraction of sp³-hybridized carbons (Fsp3) is 0.286. The van der Waals surface area contributed by atoms with Crippen LogP contribution in [0.2, 0.25) is 0 Å². The quantitative estimate of drug-likeness (QED) is 0.625. The number of carbonyl (C=O) groups excluding carboxylic acids is 2. The van der Waals surface area contributed by atoms with Crippen LogP contribution in [0.4, 0.5) is 5.69 Å². The van der Waals surface area contributed by atoms with Gasteiger partial charge < -0.3 is 19.7 Å². The summed E-state index contributed by atoms with van der Waals surface area (Å²) >= 11 is 8.92. The molecule has 4 rings (SSSR count). The monoisotopic (exact) mass is 489 g/mol. The van der Waals surface area contributed by atoms with Gasteiger partial charge in [-0.15, -0.1) is 0 Å². The van der Waals surface area contributed by atoms with Crippen molar-refractivity contribution in [3.05, 3.63) is 52.5 Å². The van der Waals surface area contributed by atoms with Crippen LogP contribution in [0.3, 0.4) is 0 Å². The van der Waals surface area contributed by atoms with E-state index in [1.807, 2.05) is 37.3 Å². The van der Waals surface area contributed by atoms with Crippen molar-refractivity contribution in [3.63, 3.8) is 0 Å². The average Bonchev–Trinajstić information content (AvgIpc) is 3.27. The molecule has 0 radical (unpaired) electrons. The van der Waals surface area contributed by atoms with E-state index in [4.69, 9.17) is 21.7 Å². The number of ether oxygens (including phenoxy) is 2. The molecule has 0 bridgehead atoms. The first-order valence-electron chi connectivity index (χ1n) is 9.52. The smallest absolute Gasteiger partial charge is 0.252 e. The van der Waals surface area contributed by atoms with Gasteiger partial charge in [-0.3, -0.25) is 14.5 Å². The average molecular weight is 490 g/mol. The van der Waals surface area contributed by atoms with Crippen molar-refractivity contribution in [1.82, 2.24) is 9.80 Å². The number of amides is 2. The maximum atomic E-state index is 12.9. The van der Waals surface area contributed by atoms with E-state index in [9.17, 15) is 9.59 Å². The number of thiocarbonyl (C=S) groups is 1. The van der Waals surface area contributed by atoms with E-state index in [2.05, 4.69) is 21.2 Å². The number of fused-ring (bicyclic) bond motifs is 1. The molecule has 7 nitrogen and oxygen atoms in total. The van der Waals surface area contributed by atoms with Gasteiger partial charge in [0, 0.05) is 23.2 Å². The first-order chi connectivity index (χ1) is 14.5. The van der Waals surface area contributed by atoms with Gasteiger partial charge >= 0.3 is 0 Å². The molecular weight excluding hydrogens is 470 g/mol. The van der Waals surface area contributed by atoms with Crippen LogP contribution in [-0.4, -0.2) is 46.1 Å². The molecule has 2 amide bonds. The summed E-state index contributed by atoms with van der Waals surface area (Å²) in [4.78, 5) is 28.9. The lowest BCUT2D eigenvalue weighted by atomic mass is 10.1. The molecule has 0 saturated carbocycles. The Morgan fingerprint density at radius 3 is 2.67 bits per heavy atom. The van der Waals surface area contributed by atoms with E-state index in [1.54, 1.807) is 21.9 Å². The van der Waals surface area contributed by atoms with Gasteiger partial charge in [0.15, 0.2) is 16.6 Å². The third kappa shape index (κ3) is 4.13. The summed E-state index contributed by atoms with van der Waals surface area (Å²) < 4.78 is 11.7. The number of halogens is 1. The van der Waals surface area contributed by atoms with Gasteiger partial charge in [0.1, 0.15) is 6.04 Å². The molecule has 1 N–H and O–H groups in total. The summed E-state index contributed by atoms with van der Waals surface area (Å²) in [7, 11) is 0. The molecule has 1 fully saturated rings. The fourth-order valence-electron chi connectivity index (χ4n) is 3.52. The van der Waals surface area contributed by atoms with Crippen molar-refractivity contribution in [2.45, 2.75) is 25.9 Å². The van der Waals surface area contributed by atoms with Crippen LogP contribution in [0.25, 0.3) is 0 Å². The van der Waals surface area contributed by atoms with Crippen LogP contribution in [0.1, 0.15) is 18.9 Å². The van der Waals surface area contributed by atoms with Crippen molar-refractivity contribution in [2.75, 3.05) is 18.7 Å². The number of nitrogens with one attached hydrogen (secondary N) is 1. The molecule has 2 aliphatic heterocycles. The van der Waals surface area contributed by atoms with Crippen LogP contribution < -0.4 is 14.8 Å². The zero-order chi connectivity index (χ0) is 21.3. The Labute approximate surface area is 188 Å². The summed E-state index contributed by atoms with van der Waals surface area (Å²) in [6.45, 7) is 2.92. The predicted molar refractivity (Wildman–Crippen MR) is 119 cm³/mol. The summed E-state index contributed by atoms with van der Waals surface area (Å²) in [5.74, 6) is 0.960. The van der Waals surface area contributed by atoms with Gasteiger partial charge in [0.25, 0.3) is 5.91 Å². The normalized spacial score (nSPS) is 17.6. The molecule has 0 spiro atoms. The number of carbonyl (C=O) groups is 2. The van der Waals surface area contributed by atoms with Crippen LogP contribution in [0.5, 0.6) is 11.5 Å². The zero-order valence-electron chi connectivity index (χ0n) is 16.3. The van der Waals surface area contributed by atoms with Gasteiger partial charge in [0.05, 0.1) is 6.42 Å². The standard InChI is InChI=1S/C21H20BrN3O4S/c1-2-24-20(27)16(10-19(26)23-15-6-4-14(22)5-7-15)25(21(24)30)11-13-3-8-17-18(9-13)29-12-28-17/h3-9,16H,2,10-12H2,1H3,(H,23,26). The first kappa shape index (κ1) is 20.6. The van der Waals surface area contributed by atoms with Gasteiger partial charge in [0.2, 0.25) is 12.7 Å². The number of hydrogen-bond acceptors (Lipinski definition) is 5. The number of nitrogens with zero attached hydrogens (tertiary/aromatic N) is 2. The van der Waals surface area contributed by atoms with Gasteiger partial charge in [-0.25, -0.2) is 0 Å². The molecule has 2 aromatic carbocycles. The van der Waals surface area contributed by atoms with E-state index in [1.165, 1.54) is 0 Å². The summed E-state index contributed by atoms with van der Waals surface area (Å²) in [6.07, 6.45) is 0.0100. The maximum absolute atomic E-state index is 12.9. The summed E-state index contributed by atoms with van der Waals surface area (Å²) in [6, 6.07) is 12.3. The molecule has 9 heteroatoms. The molecule has 1 saturated heterocycles. The minimum absolute atomic E-state index is 0.0100. The number of benzene rings is 2. The second kappa shape index (κ2) is 8.61. The highest BCUT2D eigenvalue weighted by Crippen LogP contribution is 2.34. The Morgan fingerprint density at radius 1 is 1.20 bits per heavy atom. The van der Waals surface area contributed by atoms with E-state index in [-0.39, 0.29) is 25.0 Å². The molecule has 0 aromatic heterocycles. The Bertz CT molecular complexity index is 998. The second-order valence-corrected chi connectivity index (χ2v) is 8.24. The van der Waals surface area contributed by atoms with Crippen LogP contribution in [0, 0.1) is 0 Å². The molecule has 2 heterocycles. The minimum Gasteiger partial charge on any atom is -0.454 e. The second-order valence-electron chi connectivity index (χ2n) is 6.96. The van der Waals surface area contributed by atoms with Crippen molar-refractivity contribution >= 4 is 50.8 Å². The number of rotatable bonds is 6. The maximum Gasteiger partial charge on any atom is 0.252 e. The SMILES string of the molecule is CCN1C(=O)C(CC(=O)Nc2ccc(Br)cc2)N(Cc2ccc3c(c2)OCO3)C1=S. The topological polar surface area (TPSA) is 71.1 Å². The molecule has 156 valence electrons. The molecule has 30 heavy (non-hydrogen) atoms. The molecule has 2 aromatic rings.